The van der Waals surface area contributed by atoms with E-state index in [0.29, 0.717) is 11.1 Å². The zero-order valence-corrected chi connectivity index (χ0v) is 7.85. The molecular formula is C7H13N3S. The van der Waals surface area contributed by atoms with Gasteiger partial charge in [-0.05, 0) is 0 Å². The van der Waals surface area contributed by atoms with Crippen molar-refractivity contribution in [3.63, 3.8) is 0 Å². The number of thioether (sulfide) groups is 1. The number of nitrogen functional groups attached to an aromatic ring is 1. The van der Waals surface area contributed by atoms with Gasteiger partial charge in [-0.25, -0.2) is 4.98 Å². The van der Waals surface area contributed by atoms with Gasteiger partial charge in [-0.3, -0.25) is 0 Å². The Morgan fingerprint density at radius 2 is 2.27 bits per heavy atom. The Hall–Kier alpha value is -0.640. The number of nitrogens with zero attached hydrogens (tertiary/aromatic N) is 2. The quantitative estimate of drug-likeness (QED) is 0.686. The van der Waals surface area contributed by atoms with Crippen molar-refractivity contribution in [1.82, 2.24) is 9.55 Å². The molecule has 1 heterocycles. The molecule has 0 fully saturated rings. The third-order valence-electron chi connectivity index (χ3n) is 1.19. The molecule has 0 saturated heterocycles. The van der Waals surface area contributed by atoms with E-state index in [9.17, 15) is 0 Å². The van der Waals surface area contributed by atoms with Crippen molar-refractivity contribution in [2.24, 2.45) is 7.05 Å². The Morgan fingerprint density at radius 3 is 2.64 bits per heavy atom. The molecule has 0 aliphatic rings. The van der Waals surface area contributed by atoms with Crippen LogP contribution in [0.1, 0.15) is 13.8 Å². The molecule has 0 saturated carbocycles. The summed E-state index contributed by atoms with van der Waals surface area (Å²) in [6.07, 6.45) is 1.82. The third-order valence-corrected chi connectivity index (χ3v) is 2.25. The second-order valence-electron chi connectivity index (χ2n) is 2.73. The number of aromatic nitrogens is 2. The van der Waals surface area contributed by atoms with E-state index < -0.39 is 0 Å². The van der Waals surface area contributed by atoms with E-state index in [0.717, 1.165) is 5.16 Å². The molecule has 0 spiro atoms. The Balaban J connectivity index is 2.77. The highest BCUT2D eigenvalue weighted by molar-refractivity contribution is 7.99. The summed E-state index contributed by atoms with van der Waals surface area (Å²) in [5.41, 5.74) is 5.51. The fourth-order valence-corrected chi connectivity index (χ4v) is 1.59. The minimum atomic E-state index is 0.551. The van der Waals surface area contributed by atoms with Crippen LogP contribution in [0, 0.1) is 0 Å². The van der Waals surface area contributed by atoms with E-state index in [2.05, 4.69) is 18.8 Å². The third kappa shape index (κ3) is 2.15. The van der Waals surface area contributed by atoms with Gasteiger partial charge in [0.05, 0.1) is 0 Å². The predicted octanol–water partition coefficient (Wildman–Crippen LogP) is 1.50. The fourth-order valence-electron chi connectivity index (χ4n) is 0.792. The zero-order chi connectivity index (χ0) is 8.43. The lowest BCUT2D eigenvalue weighted by atomic mass is 10.6. The van der Waals surface area contributed by atoms with Crippen LogP contribution in [-0.4, -0.2) is 14.8 Å². The Kier molecular flexibility index (Phi) is 2.44. The van der Waals surface area contributed by atoms with Crippen molar-refractivity contribution in [2.45, 2.75) is 24.3 Å². The average Bonchev–Trinajstić information content (AvgIpc) is 2.09. The SMILES string of the molecule is CC(C)Sc1nc(N)cn1C. The minimum Gasteiger partial charge on any atom is -0.382 e. The van der Waals surface area contributed by atoms with E-state index in [-0.39, 0.29) is 0 Å². The number of aryl methyl sites for hydroxylation is 1. The maximum absolute atomic E-state index is 5.51. The molecule has 0 amide bonds. The molecule has 0 atom stereocenters. The molecule has 2 N–H and O–H groups in total. The molecule has 0 radical (unpaired) electrons. The van der Waals surface area contributed by atoms with Gasteiger partial charge in [-0.15, -0.1) is 0 Å². The second kappa shape index (κ2) is 3.17. The monoisotopic (exact) mass is 171 g/mol. The molecule has 1 aromatic rings. The first kappa shape index (κ1) is 8.46. The van der Waals surface area contributed by atoms with E-state index in [4.69, 9.17) is 5.73 Å². The topological polar surface area (TPSA) is 43.8 Å². The molecule has 11 heavy (non-hydrogen) atoms. The van der Waals surface area contributed by atoms with Crippen molar-refractivity contribution in [1.29, 1.82) is 0 Å². The van der Waals surface area contributed by atoms with Crippen LogP contribution in [0.25, 0.3) is 0 Å². The predicted molar refractivity (Wildman–Crippen MR) is 48.6 cm³/mol. The van der Waals surface area contributed by atoms with Crippen molar-refractivity contribution >= 4 is 17.6 Å². The van der Waals surface area contributed by atoms with Crippen LogP contribution >= 0.6 is 11.8 Å². The van der Waals surface area contributed by atoms with Gasteiger partial charge in [0.25, 0.3) is 0 Å². The highest BCUT2D eigenvalue weighted by atomic mass is 32.2. The number of hydrogen-bond donors (Lipinski definition) is 1. The summed E-state index contributed by atoms with van der Waals surface area (Å²) in [6, 6.07) is 0. The molecule has 3 nitrogen and oxygen atoms in total. The van der Waals surface area contributed by atoms with Crippen LogP contribution < -0.4 is 5.73 Å². The van der Waals surface area contributed by atoms with Gasteiger partial charge in [0.1, 0.15) is 5.82 Å². The van der Waals surface area contributed by atoms with Crippen LogP contribution in [0.4, 0.5) is 5.82 Å². The molecular weight excluding hydrogens is 158 g/mol. The van der Waals surface area contributed by atoms with Crippen LogP contribution in [0.2, 0.25) is 0 Å². The van der Waals surface area contributed by atoms with Gasteiger partial charge in [0, 0.05) is 18.5 Å². The van der Waals surface area contributed by atoms with E-state index in [1.165, 1.54) is 0 Å². The van der Waals surface area contributed by atoms with Gasteiger partial charge in [0.2, 0.25) is 0 Å². The first-order valence-electron chi connectivity index (χ1n) is 3.55. The average molecular weight is 171 g/mol. The van der Waals surface area contributed by atoms with Gasteiger partial charge in [-0.1, -0.05) is 25.6 Å². The fraction of sp³-hybridized carbons (Fsp3) is 0.571. The molecule has 1 rings (SSSR count). The van der Waals surface area contributed by atoms with E-state index in [1.807, 2.05) is 17.8 Å². The van der Waals surface area contributed by atoms with Crippen LogP contribution in [-0.2, 0) is 7.05 Å². The Bertz CT molecular complexity index is 242. The van der Waals surface area contributed by atoms with Gasteiger partial charge < -0.3 is 10.3 Å². The second-order valence-corrected chi connectivity index (χ2v) is 4.27. The summed E-state index contributed by atoms with van der Waals surface area (Å²) in [5, 5.41) is 1.54. The standard InChI is InChI=1S/C7H13N3S/c1-5(2)11-7-9-6(8)4-10(7)3/h4-5H,8H2,1-3H3. The van der Waals surface area contributed by atoms with Crippen molar-refractivity contribution in [3.05, 3.63) is 6.20 Å². The molecule has 1 aromatic heterocycles. The normalized spacial score (nSPS) is 10.9. The highest BCUT2D eigenvalue weighted by Gasteiger charge is 2.04. The minimum absolute atomic E-state index is 0.551. The van der Waals surface area contributed by atoms with Crippen LogP contribution in [0.15, 0.2) is 11.4 Å². The maximum atomic E-state index is 5.51. The summed E-state index contributed by atoms with van der Waals surface area (Å²) < 4.78 is 1.94. The summed E-state index contributed by atoms with van der Waals surface area (Å²) >= 11 is 1.72. The first-order chi connectivity index (χ1) is 5.09. The molecule has 0 bridgehead atoms. The molecule has 0 aliphatic carbocycles. The highest BCUT2D eigenvalue weighted by Crippen LogP contribution is 2.21. The van der Waals surface area contributed by atoms with Crippen molar-refractivity contribution in [2.75, 3.05) is 5.73 Å². The number of imidazole rings is 1. The molecule has 0 aromatic carbocycles. The van der Waals surface area contributed by atoms with Gasteiger partial charge in [-0.2, -0.15) is 0 Å². The summed E-state index contributed by atoms with van der Waals surface area (Å²) in [7, 11) is 1.95. The van der Waals surface area contributed by atoms with Gasteiger partial charge in [0.15, 0.2) is 5.16 Å². The number of anilines is 1. The summed E-state index contributed by atoms with van der Waals surface area (Å²) in [6.45, 7) is 4.27. The lowest BCUT2D eigenvalue weighted by Crippen LogP contribution is -1.93. The first-order valence-corrected chi connectivity index (χ1v) is 4.43. The number of hydrogen-bond acceptors (Lipinski definition) is 3. The number of nitrogens with two attached hydrogens (primary N) is 1. The zero-order valence-electron chi connectivity index (χ0n) is 7.03. The van der Waals surface area contributed by atoms with Gasteiger partial charge >= 0.3 is 0 Å². The Morgan fingerprint density at radius 1 is 1.64 bits per heavy atom. The summed E-state index contributed by atoms with van der Waals surface area (Å²) in [5.74, 6) is 0.593. The Labute approximate surface area is 71.0 Å². The molecule has 62 valence electrons. The number of rotatable bonds is 2. The maximum Gasteiger partial charge on any atom is 0.170 e. The molecule has 0 unspecified atom stereocenters. The van der Waals surface area contributed by atoms with Crippen LogP contribution in [0.3, 0.4) is 0 Å². The van der Waals surface area contributed by atoms with E-state index in [1.54, 1.807) is 11.8 Å². The summed E-state index contributed by atoms with van der Waals surface area (Å²) in [4.78, 5) is 4.15. The largest absolute Gasteiger partial charge is 0.382 e. The smallest absolute Gasteiger partial charge is 0.170 e. The van der Waals surface area contributed by atoms with Crippen molar-refractivity contribution in [3.8, 4) is 0 Å². The lowest BCUT2D eigenvalue weighted by Gasteiger charge is -2.02. The molecule has 4 heteroatoms. The van der Waals surface area contributed by atoms with Crippen molar-refractivity contribution < 1.29 is 0 Å². The lowest BCUT2D eigenvalue weighted by molar-refractivity contribution is 0.787. The van der Waals surface area contributed by atoms with Crippen LogP contribution in [0.5, 0.6) is 0 Å². The van der Waals surface area contributed by atoms with E-state index >= 15 is 0 Å². The molecule has 0 aliphatic heterocycles.